The fraction of sp³-hybridized carbons (Fsp3) is 0.308. The van der Waals surface area contributed by atoms with Crippen LogP contribution in [0.1, 0.15) is 12.8 Å². The first-order valence-electron chi connectivity index (χ1n) is 5.99. The van der Waals surface area contributed by atoms with Gasteiger partial charge in [0.2, 0.25) is 5.91 Å². The summed E-state index contributed by atoms with van der Waals surface area (Å²) in [5.41, 5.74) is 1.10. The number of rotatable bonds is 3. The number of H-pyrrole nitrogens is 1. The summed E-state index contributed by atoms with van der Waals surface area (Å²) < 4.78 is 4.69. The van der Waals surface area contributed by atoms with Gasteiger partial charge in [-0.15, -0.1) is 0 Å². The van der Waals surface area contributed by atoms with Gasteiger partial charge in [-0.3, -0.25) is 9.59 Å². The molecule has 0 radical (unpaired) electrons. The Morgan fingerprint density at radius 3 is 2.89 bits per heavy atom. The van der Waals surface area contributed by atoms with E-state index in [-0.39, 0.29) is 5.91 Å². The number of para-hydroxylation sites is 1. The Balaban J connectivity index is 1.88. The summed E-state index contributed by atoms with van der Waals surface area (Å²) in [6, 6.07) is 5.44. The first-order valence-corrected chi connectivity index (χ1v) is 5.99. The van der Waals surface area contributed by atoms with E-state index in [2.05, 4.69) is 20.0 Å². The second kappa shape index (κ2) is 4.08. The molecule has 0 bridgehead atoms. The normalized spacial score (nSPS) is 16.1. The van der Waals surface area contributed by atoms with Crippen LogP contribution in [0.4, 0.5) is 5.69 Å². The smallest absolute Gasteiger partial charge is 0.321 e. The third-order valence-corrected chi connectivity index (χ3v) is 3.46. The molecule has 6 nitrogen and oxygen atoms in total. The summed E-state index contributed by atoms with van der Waals surface area (Å²) in [5, 5.41) is 2.77. The summed E-state index contributed by atoms with van der Waals surface area (Å²) in [4.78, 5) is 31.0. The molecule has 6 heteroatoms. The molecule has 0 saturated heterocycles. The number of aromatic amines is 1. The molecule has 0 aliphatic heterocycles. The Labute approximate surface area is 109 Å². The van der Waals surface area contributed by atoms with Crippen LogP contribution in [-0.4, -0.2) is 29.0 Å². The van der Waals surface area contributed by atoms with Crippen LogP contribution in [0.5, 0.6) is 0 Å². The molecule has 3 rings (SSSR count). The molecule has 1 aromatic heterocycles. The molecular weight excluding hydrogens is 246 g/mol. The fourth-order valence-electron chi connectivity index (χ4n) is 2.15. The number of imidazole rings is 1. The number of anilines is 1. The average Bonchev–Trinajstić information content (AvgIpc) is 3.10. The van der Waals surface area contributed by atoms with E-state index in [1.807, 2.05) is 12.1 Å². The van der Waals surface area contributed by atoms with Gasteiger partial charge in [0.15, 0.2) is 0 Å². The van der Waals surface area contributed by atoms with Crippen LogP contribution < -0.4 is 5.32 Å². The van der Waals surface area contributed by atoms with Crippen LogP contribution in [0.2, 0.25) is 0 Å². The van der Waals surface area contributed by atoms with E-state index in [1.165, 1.54) is 7.11 Å². The molecule has 0 unspecified atom stereocenters. The second-order valence-electron chi connectivity index (χ2n) is 4.63. The molecule has 19 heavy (non-hydrogen) atoms. The van der Waals surface area contributed by atoms with Crippen molar-refractivity contribution in [3.63, 3.8) is 0 Å². The minimum Gasteiger partial charge on any atom is -0.468 e. The number of carbonyl (C=O) groups is 2. The van der Waals surface area contributed by atoms with Gasteiger partial charge in [0.05, 0.1) is 24.6 Å². The largest absolute Gasteiger partial charge is 0.468 e. The van der Waals surface area contributed by atoms with Gasteiger partial charge in [0, 0.05) is 0 Å². The Hall–Kier alpha value is -2.37. The highest BCUT2D eigenvalue weighted by Crippen LogP contribution is 2.47. The van der Waals surface area contributed by atoms with Crippen molar-refractivity contribution in [1.29, 1.82) is 0 Å². The second-order valence-corrected chi connectivity index (χ2v) is 4.63. The lowest BCUT2D eigenvalue weighted by molar-refractivity contribution is -0.150. The predicted octanol–water partition coefficient (Wildman–Crippen LogP) is 1.45. The number of carbonyl (C=O) groups excluding carboxylic acids is 2. The van der Waals surface area contributed by atoms with Crippen LogP contribution in [-0.2, 0) is 14.3 Å². The summed E-state index contributed by atoms with van der Waals surface area (Å²) in [5.74, 6) is -0.797. The zero-order chi connectivity index (χ0) is 13.5. The van der Waals surface area contributed by atoms with Crippen molar-refractivity contribution in [1.82, 2.24) is 9.97 Å². The quantitative estimate of drug-likeness (QED) is 0.645. The van der Waals surface area contributed by atoms with Crippen LogP contribution in [0.25, 0.3) is 11.0 Å². The van der Waals surface area contributed by atoms with Crippen molar-refractivity contribution in [3.8, 4) is 0 Å². The number of aromatic nitrogens is 2. The Bertz CT molecular complexity index is 658. The number of methoxy groups -OCH3 is 1. The van der Waals surface area contributed by atoms with E-state index in [1.54, 1.807) is 12.4 Å². The van der Waals surface area contributed by atoms with Crippen molar-refractivity contribution >= 4 is 28.6 Å². The molecule has 1 aliphatic rings. The van der Waals surface area contributed by atoms with Gasteiger partial charge in [0.25, 0.3) is 0 Å². The van der Waals surface area contributed by atoms with E-state index >= 15 is 0 Å². The lowest BCUT2D eigenvalue weighted by Gasteiger charge is -2.13. The number of hydrogen-bond donors (Lipinski definition) is 2. The molecule has 2 N–H and O–H groups in total. The molecule has 1 amide bonds. The lowest BCUT2D eigenvalue weighted by Crippen LogP contribution is -2.32. The average molecular weight is 259 g/mol. The predicted molar refractivity (Wildman–Crippen MR) is 68.4 cm³/mol. The minimum absolute atomic E-state index is 0.324. The van der Waals surface area contributed by atoms with Gasteiger partial charge in [0.1, 0.15) is 10.9 Å². The third kappa shape index (κ3) is 1.76. The summed E-state index contributed by atoms with van der Waals surface area (Å²) in [6.45, 7) is 0. The molecule has 1 fully saturated rings. The monoisotopic (exact) mass is 259 g/mol. The molecular formula is C13H13N3O3. The Morgan fingerprint density at radius 2 is 2.21 bits per heavy atom. The number of esters is 1. The van der Waals surface area contributed by atoms with Crippen molar-refractivity contribution in [2.45, 2.75) is 12.8 Å². The maximum Gasteiger partial charge on any atom is 0.321 e. The Kier molecular flexibility index (Phi) is 2.51. The zero-order valence-corrected chi connectivity index (χ0v) is 10.4. The minimum atomic E-state index is -1.01. The van der Waals surface area contributed by atoms with E-state index in [0.717, 1.165) is 5.52 Å². The van der Waals surface area contributed by atoms with Crippen LogP contribution in [0, 0.1) is 5.41 Å². The van der Waals surface area contributed by atoms with Crippen LogP contribution >= 0.6 is 0 Å². The van der Waals surface area contributed by atoms with Gasteiger partial charge in [-0.05, 0) is 25.0 Å². The molecule has 1 heterocycles. The molecule has 1 saturated carbocycles. The highest BCUT2D eigenvalue weighted by molar-refractivity contribution is 6.13. The van der Waals surface area contributed by atoms with E-state index in [4.69, 9.17) is 0 Å². The maximum atomic E-state index is 12.2. The number of nitrogens with zero attached hydrogens (tertiary/aromatic N) is 1. The molecule has 2 aromatic rings. The summed E-state index contributed by atoms with van der Waals surface area (Å²) in [7, 11) is 1.30. The standard InChI is InChI=1S/C13H13N3O3/c1-19-12(18)13(5-6-13)11(17)16-9-4-2-3-8-10(9)15-7-14-8/h2-4,7H,5-6H2,1H3,(H,14,15)(H,16,17). The lowest BCUT2D eigenvalue weighted by atomic mass is 10.1. The number of benzene rings is 1. The number of fused-ring (bicyclic) bond motifs is 1. The fourth-order valence-corrected chi connectivity index (χ4v) is 2.15. The van der Waals surface area contributed by atoms with Crippen LogP contribution in [0.15, 0.2) is 24.5 Å². The van der Waals surface area contributed by atoms with Crippen molar-refractivity contribution < 1.29 is 14.3 Å². The van der Waals surface area contributed by atoms with Crippen molar-refractivity contribution in [3.05, 3.63) is 24.5 Å². The summed E-state index contributed by atoms with van der Waals surface area (Å²) in [6.07, 6.45) is 2.62. The van der Waals surface area contributed by atoms with Gasteiger partial charge >= 0.3 is 5.97 Å². The molecule has 0 atom stereocenters. The molecule has 98 valence electrons. The van der Waals surface area contributed by atoms with Gasteiger partial charge < -0.3 is 15.0 Å². The number of nitrogens with one attached hydrogen (secondary N) is 2. The van der Waals surface area contributed by atoms with E-state index < -0.39 is 11.4 Å². The number of ether oxygens (including phenoxy) is 1. The van der Waals surface area contributed by atoms with Crippen LogP contribution in [0.3, 0.4) is 0 Å². The first-order chi connectivity index (χ1) is 9.17. The van der Waals surface area contributed by atoms with Gasteiger partial charge in [-0.25, -0.2) is 4.98 Å². The third-order valence-electron chi connectivity index (χ3n) is 3.46. The first kappa shape index (κ1) is 11.7. The highest BCUT2D eigenvalue weighted by Gasteiger charge is 2.57. The van der Waals surface area contributed by atoms with Gasteiger partial charge in [-0.1, -0.05) is 6.07 Å². The molecule has 1 aromatic carbocycles. The SMILES string of the molecule is COC(=O)C1(C(=O)Nc2cccc3[nH]cnc23)CC1. The zero-order valence-electron chi connectivity index (χ0n) is 10.4. The summed E-state index contributed by atoms with van der Waals surface area (Å²) >= 11 is 0. The molecule has 1 aliphatic carbocycles. The highest BCUT2D eigenvalue weighted by atomic mass is 16.5. The Morgan fingerprint density at radius 1 is 1.42 bits per heavy atom. The van der Waals surface area contributed by atoms with Crippen molar-refractivity contribution in [2.75, 3.05) is 12.4 Å². The number of amides is 1. The maximum absolute atomic E-state index is 12.2. The van der Waals surface area contributed by atoms with Gasteiger partial charge in [-0.2, -0.15) is 0 Å². The van der Waals surface area contributed by atoms with E-state index in [0.29, 0.717) is 24.0 Å². The van der Waals surface area contributed by atoms with Crippen molar-refractivity contribution in [2.24, 2.45) is 5.41 Å². The molecule has 0 spiro atoms. The number of hydrogen-bond acceptors (Lipinski definition) is 4. The van der Waals surface area contributed by atoms with E-state index in [9.17, 15) is 9.59 Å². The topological polar surface area (TPSA) is 84.1 Å².